The maximum Gasteiger partial charge on any atom is 0.161 e. The van der Waals surface area contributed by atoms with E-state index in [1.165, 1.54) is 0 Å². The van der Waals surface area contributed by atoms with E-state index in [4.69, 9.17) is 11.6 Å². The number of aromatic nitrogens is 2. The van der Waals surface area contributed by atoms with E-state index in [2.05, 4.69) is 38.1 Å². The number of aryl methyl sites for hydroxylation is 1. The molecule has 2 rings (SSSR count). The molecule has 0 unspecified atom stereocenters. The molecule has 0 fully saturated rings. The molecule has 19 heavy (non-hydrogen) atoms. The number of halogens is 2. The van der Waals surface area contributed by atoms with Crippen LogP contribution in [0.4, 0.5) is 5.82 Å². The van der Waals surface area contributed by atoms with Crippen molar-refractivity contribution in [1.82, 2.24) is 9.97 Å². The molecule has 0 saturated carbocycles. The lowest BCUT2D eigenvalue weighted by Gasteiger charge is -2.11. The van der Waals surface area contributed by atoms with Gasteiger partial charge in [-0.1, -0.05) is 30.7 Å². The second-order valence-electron chi connectivity index (χ2n) is 4.05. The van der Waals surface area contributed by atoms with E-state index in [1.807, 2.05) is 31.2 Å². The molecule has 1 heterocycles. The van der Waals surface area contributed by atoms with Crippen LogP contribution < -0.4 is 5.32 Å². The van der Waals surface area contributed by atoms with Crippen LogP contribution in [0.15, 0.2) is 28.7 Å². The van der Waals surface area contributed by atoms with Crippen molar-refractivity contribution in [3.05, 3.63) is 39.5 Å². The molecule has 0 saturated heterocycles. The highest BCUT2D eigenvalue weighted by Gasteiger charge is 2.12. The van der Waals surface area contributed by atoms with Crippen LogP contribution in [-0.4, -0.2) is 16.5 Å². The maximum absolute atomic E-state index is 6.02. The summed E-state index contributed by atoms with van der Waals surface area (Å²) in [5, 5.41) is 3.93. The molecule has 1 aromatic heterocycles. The molecule has 0 aliphatic heterocycles. The van der Waals surface area contributed by atoms with Gasteiger partial charge in [0.25, 0.3) is 0 Å². The molecule has 5 heteroatoms. The fourth-order valence-electron chi connectivity index (χ4n) is 1.77. The summed E-state index contributed by atoms with van der Waals surface area (Å²) in [6, 6.07) is 7.59. The summed E-state index contributed by atoms with van der Waals surface area (Å²) < 4.78 is 0.933. The van der Waals surface area contributed by atoms with Gasteiger partial charge in [-0.2, -0.15) is 0 Å². The van der Waals surface area contributed by atoms with Crippen molar-refractivity contribution in [2.75, 3.05) is 11.9 Å². The molecule has 0 atom stereocenters. The first kappa shape index (κ1) is 14.3. The Bertz CT molecular complexity index is 587. The highest BCUT2D eigenvalue weighted by molar-refractivity contribution is 9.10. The van der Waals surface area contributed by atoms with Gasteiger partial charge in [0.05, 0.1) is 10.2 Å². The topological polar surface area (TPSA) is 37.8 Å². The van der Waals surface area contributed by atoms with Crippen molar-refractivity contribution in [3.63, 3.8) is 0 Å². The van der Waals surface area contributed by atoms with Gasteiger partial charge in [0, 0.05) is 17.1 Å². The Balaban J connectivity index is 2.54. The van der Waals surface area contributed by atoms with E-state index < -0.39 is 0 Å². The summed E-state index contributed by atoms with van der Waals surface area (Å²) in [6.45, 7) is 4.93. The van der Waals surface area contributed by atoms with Crippen molar-refractivity contribution >= 4 is 33.3 Å². The van der Waals surface area contributed by atoms with Crippen molar-refractivity contribution in [2.45, 2.75) is 20.3 Å². The van der Waals surface area contributed by atoms with E-state index in [-0.39, 0.29) is 0 Å². The average molecular weight is 341 g/mol. The second-order valence-corrected chi connectivity index (χ2v) is 5.28. The minimum atomic E-state index is 0.687. The summed E-state index contributed by atoms with van der Waals surface area (Å²) in [5.74, 6) is 1.52. The third-order valence-electron chi connectivity index (χ3n) is 2.68. The number of nitrogens with zero attached hydrogens (tertiary/aromatic N) is 2. The molecule has 0 aliphatic carbocycles. The summed E-state index contributed by atoms with van der Waals surface area (Å²) >= 11 is 9.57. The van der Waals surface area contributed by atoms with Crippen LogP contribution in [-0.2, 0) is 6.42 Å². The van der Waals surface area contributed by atoms with Gasteiger partial charge in [0.1, 0.15) is 5.82 Å². The van der Waals surface area contributed by atoms with Gasteiger partial charge in [0.2, 0.25) is 0 Å². The Morgan fingerprint density at radius 1 is 1.26 bits per heavy atom. The van der Waals surface area contributed by atoms with Crippen LogP contribution in [0.2, 0.25) is 5.02 Å². The lowest BCUT2D eigenvalue weighted by molar-refractivity contribution is 0.984. The Morgan fingerprint density at radius 2 is 2.05 bits per heavy atom. The van der Waals surface area contributed by atoms with Crippen LogP contribution in [0.1, 0.15) is 19.5 Å². The van der Waals surface area contributed by atoms with Gasteiger partial charge in [-0.15, -0.1) is 0 Å². The molecular weight excluding hydrogens is 326 g/mol. The first-order valence-electron chi connectivity index (χ1n) is 6.22. The molecular formula is C14H15BrClN3. The maximum atomic E-state index is 6.02. The standard InChI is InChI=1S/C14H15BrClN3/c1-3-11-12(15)14(17-4-2)19-13(18-11)9-6-5-7-10(16)8-9/h5-8H,3-4H2,1-2H3,(H,17,18,19). The lowest BCUT2D eigenvalue weighted by atomic mass is 10.2. The quantitative estimate of drug-likeness (QED) is 0.887. The number of nitrogens with one attached hydrogen (secondary N) is 1. The first-order chi connectivity index (χ1) is 9.15. The van der Waals surface area contributed by atoms with Crippen LogP contribution >= 0.6 is 27.5 Å². The monoisotopic (exact) mass is 339 g/mol. The second kappa shape index (κ2) is 6.35. The Kier molecular flexibility index (Phi) is 4.77. The van der Waals surface area contributed by atoms with E-state index >= 15 is 0 Å². The zero-order chi connectivity index (χ0) is 13.8. The van der Waals surface area contributed by atoms with Gasteiger partial charge in [-0.3, -0.25) is 0 Å². The third kappa shape index (κ3) is 3.25. The van der Waals surface area contributed by atoms with Crippen molar-refractivity contribution < 1.29 is 0 Å². The zero-order valence-corrected chi connectivity index (χ0v) is 13.2. The van der Waals surface area contributed by atoms with E-state index in [9.17, 15) is 0 Å². The molecule has 2 aromatic rings. The summed E-state index contributed by atoms with van der Waals surface area (Å²) in [6.07, 6.45) is 0.842. The third-order valence-corrected chi connectivity index (χ3v) is 3.75. The predicted octanol–water partition coefficient (Wildman–Crippen LogP) is 4.55. The van der Waals surface area contributed by atoms with Gasteiger partial charge in [-0.05, 0) is 41.4 Å². The Morgan fingerprint density at radius 3 is 2.68 bits per heavy atom. The lowest BCUT2D eigenvalue weighted by Crippen LogP contribution is -2.05. The molecule has 100 valence electrons. The molecule has 0 spiro atoms. The van der Waals surface area contributed by atoms with Crippen LogP contribution in [0.25, 0.3) is 11.4 Å². The number of hydrogen-bond acceptors (Lipinski definition) is 3. The molecule has 0 aliphatic rings. The van der Waals surface area contributed by atoms with Crippen LogP contribution in [0.3, 0.4) is 0 Å². The zero-order valence-electron chi connectivity index (χ0n) is 10.9. The Labute approximate surface area is 126 Å². The fraction of sp³-hybridized carbons (Fsp3) is 0.286. The average Bonchev–Trinajstić information content (AvgIpc) is 2.41. The molecule has 0 bridgehead atoms. The minimum absolute atomic E-state index is 0.687. The normalized spacial score (nSPS) is 10.5. The summed E-state index contributed by atoms with van der Waals surface area (Å²) in [7, 11) is 0. The molecule has 1 aromatic carbocycles. The molecule has 0 radical (unpaired) electrons. The summed E-state index contributed by atoms with van der Waals surface area (Å²) in [5.41, 5.74) is 1.91. The van der Waals surface area contributed by atoms with E-state index in [0.29, 0.717) is 10.8 Å². The minimum Gasteiger partial charge on any atom is -0.369 e. The molecule has 0 amide bonds. The van der Waals surface area contributed by atoms with Crippen LogP contribution in [0.5, 0.6) is 0 Å². The van der Waals surface area contributed by atoms with Crippen LogP contribution in [0, 0.1) is 0 Å². The van der Waals surface area contributed by atoms with Crippen molar-refractivity contribution in [2.24, 2.45) is 0 Å². The number of anilines is 1. The fourth-order valence-corrected chi connectivity index (χ4v) is 2.56. The van der Waals surface area contributed by atoms with Crippen molar-refractivity contribution in [3.8, 4) is 11.4 Å². The van der Waals surface area contributed by atoms with Gasteiger partial charge < -0.3 is 5.32 Å². The largest absolute Gasteiger partial charge is 0.369 e. The summed E-state index contributed by atoms with van der Waals surface area (Å²) in [4.78, 5) is 9.14. The first-order valence-corrected chi connectivity index (χ1v) is 7.39. The molecule has 1 N–H and O–H groups in total. The smallest absolute Gasteiger partial charge is 0.161 e. The SMILES string of the molecule is CCNc1nc(-c2cccc(Cl)c2)nc(CC)c1Br. The van der Waals surface area contributed by atoms with Crippen molar-refractivity contribution in [1.29, 1.82) is 0 Å². The highest BCUT2D eigenvalue weighted by atomic mass is 79.9. The van der Waals surface area contributed by atoms with E-state index in [0.717, 1.165) is 34.5 Å². The number of hydrogen-bond donors (Lipinski definition) is 1. The van der Waals surface area contributed by atoms with Gasteiger partial charge in [-0.25, -0.2) is 9.97 Å². The molecule has 3 nitrogen and oxygen atoms in total. The highest BCUT2D eigenvalue weighted by Crippen LogP contribution is 2.28. The van der Waals surface area contributed by atoms with E-state index in [1.54, 1.807) is 0 Å². The van der Waals surface area contributed by atoms with Gasteiger partial charge in [0.15, 0.2) is 5.82 Å². The number of rotatable bonds is 4. The Hall–Kier alpha value is -1.13. The van der Waals surface area contributed by atoms with Gasteiger partial charge >= 0.3 is 0 Å². The number of benzene rings is 1. The predicted molar refractivity (Wildman–Crippen MR) is 83.7 cm³/mol.